The lowest BCUT2D eigenvalue weighted by molar-refractivity contribution is -0.274. The van der Waals surface area contributed by atoms with Gasteiger partial charge in [0.2, 0.25) is 0 Å². The molecule has 0 unspecified atom stereocenters. The van der Waals surface area contributed by atoms with Gasteiger partial charge in [-0.3, -0.25) is 14.6 Å². The van der Waals surface area contributed by atoms with Crippen LogP contribution in [0.15, 0.2) is 36.5 Å². The number of alkyl halides is 3. The number of nitrogens with one attached hydrogen (secondary N) is 1. The molecule has 1 heterocycles. The highest BCUT2D eigenvalue weighted by atomic mass is 19.4. The predicted molar refractivity (Wildman–Crippen MR) is 94.7 cm³/mol. The third kappa shape index (κ3) is 5.55. The number of nitrogens with zero attached hydrogens (tertiary/aromatic N) is 1. The molecular weight excluding hydrogens is 373 g/mol. The van der Waals surface area contributed by atoms with Crippen molar-refractivity contribution in [1.82, 2.24) is 10.3 Å². The Morgan fingerprint density at radius 2 is 1.96 bits per heavy atom. The van der Waals surface area contributed by atoms with Gasteiger partial charge in [0.25, 0.3) is 5.91 Å². The molecule has 0 aliphatic heterocycles. The van der Waals surface area contributed by atoms with Crippen LogP contribution in [0, 0.1) is 12.8 Å². The van der Waals surface area contributed by atoms with E-state index in [1.807, 2.05) is 0 Å². The second-order valence-corrected chi connectivity index (χ2v) is 6.78. The summed E-state index contributed by atoms with van der Waals surface area (Å²) in [6.07, 6.45) is -1.21. The summed E-state index contributed by atoms with van der Waals surface area (Å²) >= 11 is 0. The Labute approximate surface area is 159 Å². The van der Waals surface area contributed by atoms with Crippen LogP contribution in [0.4, 0.5) is 13.2 Å². The highest BCUT2D eigenvalue weighted by Gasteiger charge is 2.31. The van der Waals surface area contributed by atoms with Crippen LogP contribution < -0.4 is 10.1 Å². The van der Waals surface area contributed by atoms with E-state index in [1.165, 1.54) is 31.3 Å². The van der Waals surface area contributed by atoms with Crippen LogP contribution in [0.3, 0.4) is 0 Å². The molecule has 0 atom stereocenters. The minimum Gasteiger partial charge on any atom is -0.406 e. The van der Waals surface area contributed by atoms with Crippen molar-refractivity contribution in [3.8, 4) is 5.75 Å². The summed E-state index contributed by atoms with van der Waals surface area (Å²) in [5.74, 6) is -0.356. The Bertz CT molecular complexity index is 893. The Hall–Kier alpha value is -2.90. The molecule has 1 saturated carbocycles. The molecule has 1 fully saturated rings. The topological polar surface area (TPSA) is 68.3 Å². The normalized spacial score (nSPS) is 13.9. The zero-order valence-corrected chi connectivity index (χ0v) is 15.2. The van der Waals surface area contributed by atoms with Gasteiger partial charge in [-0.25, -0.2) is 0 Å². The van der Waals surface area contributed by atoms with E-state index in [2.05, 4.69) is 15.0 Å². The molecular formula is C20H19F3N2O3. The fraction of sp³-hybridized carbons (Fsp3) is 0.350. The molecule has 1 aromatic carbocycles. The molecule has 148 valence electrons. The minimum atomic E-state index is -4.75. The molecule has 3 rings (SSSR count). The summed E-state index contributed by atoms with van der Waals surface area (Å²) in [5.41, 5.74) is 1.88. The van der Waals surface area contributed by atoms with Crippen molar-refractivity contribution in [2.45, 2.75) is 39.1 Å². The number of hydrogen-bond acceptors (Lipinski definition) is 4. The maximum atomic E-state index is 12.3. The summed E-state index contributed by atoms with van der Waals surface area (Å²) in [5, 5.41) is 2.71. The zero-order chi connectivity index (χ0) is 20.3. The number of pyridine rings is 1. The molecule has 28 heavy (non-hydrogen) atoms. The molecule has 2 aromatic rings. The van der Waals surface area contributed by atoms with E-state index >= 15 is 0 Å². The molecule has 1 amide bonds. The van der Waals surface area contributed by atoms with E-state index in [-0.39, 0.29) is 36.3 Å². The van der Waals surface area contributed by atoms with Crippen LogP contribution in [0.1, 0.15) is 40.0 Å². The highest BCUT2D eigenvalue weighted by Crippen LogP contribution is 2.30. The van der Waals surface area contributed by atoms with Gasteiger partial charge in [-0.05, 0) is 49.1 Å². The fourth-order valence-corrected chi connectivity index (χ4v) is 2.79. The van der Waals surface area contributed by atoms with Crippen LogP contribution in [0.2, 0.25) is 0 Å². The number of halogens is 3. The van der Waals surface area contributed by atoms with E-state index in [9.17, 15) is 22.8 Å². The van der Waals surface area contributed by atoms with Gasteiger partial charge in [-0.15, -0.1) is 13.2 Å². The van der Waals surface area contributed by atoms with Gasteiger partial charge in [-0.1, -0.05) is 12.1 Å². The van der Waals surface area contributed by atoms with E-state index in [1.54, 1.807) is 12.1 Å². The Morgan fingerprint density at radius 1 is 1.21 bits per heavy atom. The lowest BCUT2D eigenvalue weighted by Crippen LogP contribution is -2.23. The monoisotopic (exact) mass is 392 g/mol. The molecule has 1 aromatic heterocycles. The number of benzene rings is 1. The number of ether oxygens (including phenoxy) is 1. The standard InChI is InChI=1S/C20H19F3N2O3/c1-12-8-13(2-5-18(12)28-20(21,22)23)11-25-19(27)15-6-7-24-16(9-15)10-17(26)14-3-4-14/h2,5-9,14H,3-4,10-11H2,1H3,(H,25,27). The third-order valence-electron chi connectivity index (χ3n) is 4.38. The number of Topliss-reactive ketones (excluding diaryl/α,β-unsaturated/α-hetero) is 1. The van der Waals surface area contributed by atoms with Crippen molar-refractivity contribution in [3.05, 3.63) is 58.9 Å². The van der Waals surface area contributed by atoms with E-state index in [0.717, 1.165) is 12.8 Å². The lowest BCUT2D eigenvalue weighted by Gasteiger charge is -2.13. The number of rotatable bonds is 7. The van der Waals surface area contributed by atoms with Gasteiger partial charge in [0.05, 0.1) is 0 Å². The van der Waals surface area contributed by atoms with Crippen LogP contribution in [-0.4, -0.2) is 23.0 Å². The van der Waals surface area contributed by atoms with Gasteiger partial charge < -0.3 is 10.1 Å². The molecule has 0 radical (unpaired) electrons. The fourth-order valence-electron chi connectivity index (χ4n) is 2.79. The first-order valence-electron chi connectivity index (χ1n) is 8.82. The SMILES string of the molecule is Cc1cc(CNC(=O)c2ccnc(CC(=O)C3CC3)c2)ccc1OC(F)(F)F. The molecule has 1 aliphatic carbocycles. The summed E-state index contributed by atoms with van der Waals surface area (Å²) in [4.78, 5) is 28.4. The Balaban J connectivity index is 1.59. The number of hydrogen-bond donors (Lipinski definition) is 1. The van der Waals surface area contributed by atoms with Crippen LogP contribution in [0.25, 0.3) is 0 Å². The first-order chi connectivity index (χ1) is 13.2. The van der Waals surface area contributed by atoms with E-state index in [0.29, 0.717) is 22.4 Å². The van der Waals surface area contributed by atoms with Gasteiger partial charge in [0.1, 0.15) is 11.5 Å². The van der Waals surface area contributed by atoms with E-state index < -0.39 is 6.36 Å². The Morgan fingerprint density at radius 3 is 2.61 bits per heavy atom. The summed E-state index contributed by atoms with van der Waals surface area (Å²) in [6, 6.07) is 7.33. The number of aryl methyl sites for hydroxylation is 1. The maximum absolute atomic E-state index is 12.3. The first kappa shape index (κ1) is 19.9. The van der Waals surface area contributed by atoms with Crippen molar-refractivity contribution >= 4 is 11.7 Å². The number of carbonyl (C=O) groups is 2. The van der Waals surface area contributed by atoms with Crippen molar-refractivity contribution < 1.29 is 27.5 Å². The number of carbonyl (C=O) groups excluding carboxylic acids is 2. The summed E-state index contributed by atoms with van der Waals surface area (Å²) in [6.45, 7) is 1.64. The van der Waals surface area contributed by atoms with Crippen molar-refractivity contribution in [3.63, 3.8) is 0 Å². The number of amides is 1. The van der Waals surface area contributed by atoms with Crippen LogP contribution >= 0.6 is 0 Å². The van der Waals surface area contributed by atoms with Crippen molar-refractivity contribution in [2.75, 3.05) is 0 Å². The summed E-state index contributed by atoms with van der Waals surface area (Å²) < 4.78 is 40.9. The molecule has 1 N–H and O–H groups in total. The van der Waals surface area contributed by atoms with E-state index in [4.69, 9.17) is 0 Å². The number of ketones is 1. The Kier molecular flexibility index (Phi) is 5.67. The molecule has 1 aliphatic rings. The average molecular weight is 392 g/mol. The van der Waals surface area contributed by atoms with Crippen molar-refractivity contribution in [2.24, 2.45) is 5.92 Å². The second kappa shape index (κ2) is 8.00. The zero-order valence-electron chi connectivity index (χ0n) is 15.2. The number of aromatic nitrogens is 1. The minimum absolute atomic E-state index is 0.131. The summed E-state index contributed by atoms with van der Waals surface area (Å²) in [7, 11) is 0. The van der Waals surface area contributed by atoms with Crippen LogP contribution in [-0.2, 0) is 17.8 Å². The average Bonchev–Trinajstić information content (AvgIpc) is 3.46. The molecule has 0 saturated heterocycles. The molecule has 5 nitrogen and oxygen atoms in total. The quantitative estimate of drug-likeness (QED) is 0.780. The van der Waals surface area contributed by atoms with Gasteiger partial charge in [0, 0.05) is 36.3 Å². The van der Waals surface area contributed by atoms with Crippen LogP contribution in [0.5, 0.6) is 5.75 Å². The first-order valence-corrected chi connectivity index (χ1v) is 8.82. The third-order valence-corrected chi connectivity index (χ3v) is 4.38. The lowest BCUT2D eigenvalue weighted by atomic mass is 10.1. The molecule has 0 spiro atoms. The highest BCUT2D eigenvalue weighted by molar-refractivity contribution is 5.94. The van der Waals surface area contributed by atoms with Crippen molar-refractivity contribution in [1.29, 1.82) is 0 Å². The van der Waals surface area contributed by atoms with Gasteiger partial charge in [-0.2, -0.15) is 0 Å². The molecule has 0 bridgehead atoms. The molecule has 8 heteroatoms. The maximum Gasteiger partial charge on any atom is 0.573 e. The van der Waals surface area contributed by atoms with Gasteiger partial charge >= 0.3 is 6.36 Å². The predicted octanol–water partition coefficient (Wildman–Crippen LogP) is 3.74. The van der Waals surface area contributed by atoms with Gasteiger partial charge in [0.15, 0.2) is 0 Å². The largest absolute Gasteiger partial charge is 0.573 e. The smallest absolute Gasteiger partial charge is 0.406 e. The second-order valence-electron chi connectivity index (χ2n) is 6.78.